The lowest BCUT2D eigenvalue weighted by atomic mass is 9.97. The molecule has 0 fully saturated rings. The first-order chi connectivity index (χ1) is 8.09. The van der Waals surface area contributed by atoms with Crippen molar-refractivity contribution in [3.8, 4) is 0 Å². The van der Waals surface area contributed by atoms with E-state index in [1.807, 2.05) is 39.1 Å². The molecule has 0 aliphatic carbocycles. The third kappa shape index (κ3) is 2.31. The Hall–Kier alpha value is -1.81. The molecule has 4 heteroatoms. The molecule has 0 saturated heterocycles. The zero-order valence-corrected chi connectivity index (χ0v) is 10.3. The van der Waals surface area contributed by atoms with Crippen LogP contribution in [0.2, 0.25) is 0 Å². The first kappa shape index (κ1) is 11.7. The molecule has 0 amide bonds. The third-order valence-electron chi connectivity index (χ3n) is 2.89. The van der Waals surface area contributed by atoms with Crippen LogP contribution in [0.3, 0.4) is 0 Å². The third-order valence-corrected chi connectivity index (χ3v) is 2.89. The molecule has 1 unspecified atom stereocenters. The summed E-state index contributed by atoms with van der Waals surface area (Å²) in [7, 11) is 0. The predicted molar refractivity (Wildman–Crippen MR) is 66.5 cm³/mol. The summed E-state index contributed by atoms with van der Waals surface area (Å²) in [6.07, 6.45) is 3.59. The minimum absolute atomic E-state index is 0.196. The van der Waals surface area contributed by atoms with Crippen LogP contribution < -0.4 is 5.73 Å². The maximum absolute atomic E-state index is 6.28. The predicted octanol–water partition coefficient (Wildman–Crippen LogP) is 1.84. The van der Waals surface area contributed by atoms with Crippen LogP contribution in [0.1, 0.15) is 34.1 Å². The van der Waals surface area contributed by atoms with E-state index in [4.69, 9.17) is 5.73 Å². The zero-order valence-electron chi connectivity index (χ0n) is 10.3. The van der Waals surface area contributed by atoms with E-state index in [0.29, 0.717) is 0 Å². The summed E-state index contributed by atoms with van der Waals surface area (Å²) in [6, 6.07) is 3.75. The second kappa shape index (κ2) is 4.59. The second-order valence-electron chi connectivity index (χ2n) is 4.24. The van der Waals surface area contributed by atoms with Crippen LogP contribution in [0, 0.1) is 20.8 Å². The van der Waals surface area contributed by atoms with Crippen LogP contribution in [0.5, 0.6) is 0 Å². The normalized spacial score (nSPS) is 12.5. The summed E-state index contributed by atoms with van der Waals surface area (Å²) >= 11 is 0. The van der Waals surface area contributed by atoms with Crippen LogP contribution in [0.15, 0.2) is 24.5 Å². The van der Waals surface area contributed by atoms with E-state index in [1.165, 1.54) is 0 Å². The Morgan fingerprint density at radius 2 is 1.88 bits per heavy atom. The van der Waals surface area contributed by atoms with Crippen molar-refractivity contribution < 1.29 is 0 Å². The lowest BCUT2D eigenvalue weighted by Crippen LogP contribution is -2.16. The number of pyridine rings is 1. The minimum atomic E-state index is -0.196. The van der Waals surface area contributed by atoms with Gasteiger partial charge in [-0.3, -0.25) is 4.98 Å². The Morgan fingerprint density at radius 3 is 2.59 bits per heavy atom. The SMILES string of the molecule is Cc1cc(C(N)c2cnccc2C)c(C)nn1. The molecule has 2 rings (SSSR count). The maximum atomic E-state index is 6.28. The second-order valence-corrected chi connectivity index (χ2v) is 4.24. The Kier molecular flexibility index (Phi) is 3.15. The first-order valence-electron chi connectivity index (χ1n) is 5.56. The van der Waals surface area contributed by atoms with Gasteiger partial charge in [-0.25, -0.2) is 0 Å². The maximum Gasteiger partial charge on any atom is 0.0651 e. The van der Waals surface area contributed by atoms with Crippen LogP contribution >= 0.6 is 0 Å². The highest BCUT2D eigenvalue weighted by Gasteiger charge is 2.15. The molecule has 88 valence electrons. The van der Waals surface area contributed by atoms with Gasteiger partial charge in [0.25, 0.3) is 0 Å². The molecule has 0 aliphatic rings. The molecule has 17 heavy (non-hydrogen) atoms. The number of aryl methyl sites for hydroxylation is 3. The van der Waals surface area contributed by atoms with Crippen molar-refractivity contribution in [1.82, 2.24) is 15.2 Å². The summed E-state index contributed by atoms with van der Waals surface area (Å²) in [5.74, 6) is 0. The first-order valence-corrected chi connectivity index (χ1v) is 5.56. The van der Waals surface area contributed by atoms with Crippen molar-refractivity contribution in [3.63, 3.8) is 0 Å². The molecule has 0 saturated carbocycles. The number of hydrogen-bond donors (Lipinski definition) is 1. The van der Waals surface area contributed by atoms with Crippen molar-refractivity contribution in [2.24, 2.45) is 5.73 Å². The highest BCUT2D eigenvalue weighted by Crippen LogP contribution is 2.23. The monoisotopic (exact) mass is 228 g/mol. The van der Waals surface area contributed by atoms with Crippen LogP contribution in [-0.4, -0.2) is 15.2 Å². The topological polar surface area (TPSA) is 64.7 Å². The highest BCUT2D eigenvalue weighted by atomic mass is 15.1. The molecular weight excluding hydrogens is 212 g/mol. The van der Waals surface area contributed by atoms with Crippen molar-refractivity contribution in [3.05, 3.63) is 52.6 Å². The molecule has 0 radical (unpaired) electrons. The van der Waals surface area contributed by atoms with Crippen molar-refractivity contribution >= 4 is 0 Å². The number of rotatable bonds is 2. The van der Waals surface area contributed by atoms with Gasteiger partial charge in [0.2, 0.25) is 0 Å². The van der Waals surface area contributed by atoms with E-state index in [2.05, 4.69) is 15.2 Å². The quantitative estimate of drug-likeness (QED) is 0.851. The molecule has 1 atom stereocenters. The summed E-state index contributed by atoms with van der Waals surface area (Å²) < 4.78 is 0. The number of aromatic nitrogens is 3. The molecule has 0 spiro atoms. The lowest BCUT2D eigenvalue weighted by Gasteiger charge is -2.16. The summed E-state index contributed by atoms with van der Waals surface area (Å²) in [6.45, 7) is 5.87. The van der Waals surface area contributed by atoms with Crippen molar-refractivity contribution in [1.29, 1.82) is 0 Å². The van der Waals surface area contributed by atoms with Gasteiger partial charge in [0, 0.05) is 12.4 Å². The molecule has 0 aliphatic heterocycles. The van der Waals surface area contributed by atoms with Gasteiger partial charge in [-0.1, -0.05) is 0 Å². The minimum Gasteiger partial charge on any atom is -0.320 e. The molecule has 2 aromatic heterocycles. The standard InChI is InChI=1S/C13H16N4/c1-8-4-5-15-7-12(8)13(14)11-6-9(2)16-17-10(11)3/h4-7,13H,14H2,1-3H3. The lowest BCUT2D eigenvalue weighted by molar-refractivity contribution is 0.803. The van der Waals surface area contributed by atoms with E-state index in [9.17, 15) is 0 Å². The molecule has 2 heterocycles. The van der Waals surface area contributed by atoms with Crippen LogP contribution in [0.25, 0.3) is 0 Å². The Morgan fingerprint density at radius 1 is 1.12 bits per heavy atom. The van der Waals surface area contributed by atoms with Crippen molar-refractivity contribution in [2.75, 3.05) is 0 Å². The van der Waals surface area contributed by atoms with E-state index < -0.39 is 0 Å². The van der Waals surface area contributed by atoms with Gasteiger partial charge >= 0.3 is 0 Å². The molecule has 0 bridgehead atoms. The number of hydrogen-bond acceptors (Lipinski definition) is 4. The fourth-order valence-electron chi connectivity index (χ4n) is 1.85. The average Bonchev–Trinajstić information content (AvgIpc) is 2.32. The van der Waals surface area contributed by atoms with E-state index >= 15 is 0 Å². The Bertz CT molecular complexity index is 537. The summed E-state index contributed by atoms with van der Waals surface area (Å²) in [4.78, 5) is 4.13. The number of nitrogens with zero attached hydrogens (tertiary/aromatic N) is 3. The molecule has 2 aromatic rings. The molecular formula is C13H16N4. The largest absolute Gasteiger partial charge is 0.320 e. The van der Waals surface area contributed by atoms with E-state index in [1.54, 1.807) is 6.20 Å². The van der Waals surface area contributed by atoms with Gasteiger partial charge in [0.05, 0.1) is 17.4 Å². The zero-order chi connectivity index (χ0) is 12.4. The smallest absolute Gasteiger partial charge is 0.0651 e. The van der Waals surface area contributed by atoms with Gasteiger partial charge < -0.3 is 5.73 Å². The molecule has 2 N–H and O–H groups in total. The number of nitrogens with two attached hydrogens (primary N) is 1. The molecule has 4 nitrogen and oxygen atoms in total. The summed E-state index contributed by atoms with van der Waals surface area (Å²) in [5.41, 5.74) is 11.2. The van der Waals surface area contributed by atoms with Gasteiger partial charge in [-0.15, -0.1) is 0 Å². The van der Waals surface area contributed by atoms with Gasteiger partial charge in [-0.2, -0.15) is 10.2 Å². The molecule has 0 aromatic carbocycles. The van der Waals surface area contributed by atoms with Gasteiger partial charge in [-0.05, 0) is 49.6 Å². The van der Waals surface area contributed by atoms with Crippen LogP contribution in [0.4, 0.5) is 0 Å². The Balaban J connectivity index is 2.47. The van der Waals surface area contributed by atoms with E-state index in [-0.39, 0.29) is 6.04 Å². The van der Waals surface area contributed by atoms with Gasteiger partial charge in [0.15, 0.2) is 0 Å². The van der Waals surface area contributed by atoms with Crippen molar-refractivity contribution in [2.45, 2.75) is 26.8 Å². The Labute approximate surface area is 101 Å². The fraction of sp³-hybridized carbons (Fsp3) is 0.308. The highest BCUT2D eigenvalue weighted by molar-refractivity contribution is 5.36. The average molecular weight is 228 g/mol. The van der Waals surface area contributed by atoms with Gasteiger partial charge in [0.1, 0.15) is 0 Å². The fourth-order valence-corrected chi connectivity index (χ4v) is 1.85. The van der Waals surface area contributed by atoms with Crippen LogP contribution in [-0.2, 0) is 0 Å². The summed E-state index contributed by atoms with van der Waals surface area (Å²) in [5, 5.41) is 8.12. The van der Waals surface area contributed by atoms with E-state index in [0.717, 1.165) is 28.1 Å².